The summed E-state index contributed by atoms with van der Waals surface area (Å²) in [6.07, 6.45) is 4.43. The van der Waals surface area contributed by atoms with Crippen molar-refractivity contribution in [2.24, 2.45) is 0 Å². The van der Waals surface area contributed by atoms with Crippen LogP contribution < -0.4 is 0 Å². The minimum atomic E-state index is 0.882. The molecule has 1 aromatic rings. The molecule has 1 saturated heterocycles. The zero-order chi connectivity index (χ0) is 9.64. The largest absolute Gasteiger partial charge is 0.379 e. The van der Waals surface area contributed by atoms with Gasteiger partial charge >= 0.3 is 0 Å². The molecule has 0 amide bonds. The Labute approximate surface area is 88.8 Å². The summed E-state index contributed by atoms with van der Waals surface area (Å²) in [4.78, 5) is 3.74. The lowest BCUT2D eigenvalue weighted by atomic mass is 10.3. The molecule has 0 radical (unpaired) electrons. The normalized spacial score (nSPS) is 19.1. The maximum atomic E-state index is 5.29. The Morgan fingerprint density at radius 1 is 1.43 bits per heavy atom. The van der Waals surface area contributed by atoms with Crippen LogP contribution in [0.1, 0.15) is 4.88 Å². The van der Waals surface area contributed by atoms with Crippen molar-refractivity contribution in [1.29, 1.82) is 0 Å². The van der Waals surface area contributed by atoms with Gasteiger partial charge in [0.1, 0.15) is 0 Å². The monoisotopic (exact) mass is 209 g/mol. The van der Waals surface area contributed by atoms with E-state index in [0.29, 0.717) is 0 Å². The van der Waals surface area contributed by atoms with Gasteiger partial charge in [-0.2, -0.15) is 0 Å². The molecule has 0 atom stereocenters. The minimum absolute atomic E-state index is 0.882. The second-order valence-electron chi connectivity index (χ2n) is 3.33. The van der Waals surface area contributed by atoms with Crippen molar-refractivity contribution in [3.63, 3.8) is 0 Å². The molecule has 1 aromatic heterocycles. The number of thiophene rings is 1. The van der Waals surface area contributed by atoms with Gasteiger partial charge in [0.15, 0.2) is 0 Å². The fourth-order valence-electron chi connectivity index (χ4n) is 1.49. The number of hydrogen-bond acceptors (Lipinski definition) is 3. The summed E-state index contributed by atoms with van der Waals surface area (Å²) in [6, 6.07) is 4.22. The third kappa shape index (κ3) is 2.94. The molecule has 1 aliphatic heterocycles. The van der Waals surface area contributed by atoms with Crippen molar-refractivity contribution in [3.8, 4) is 0 Å². The first kappa shape index (κ1) is 9.90. The molecular formula is C11H15NOS. The highest BCUT2D eigenvalue weighted by Crippen LogP contribution is 2.10. The standard InChI is InChI=1S/C11H15NOS/c1(3-11-4-2-10-14-11)5-12-6-8-13-9-7-12/h1-4,10H,5-9H2. The van der Waals surface area contributed by atoms with Gasteiger partial charge in [-0.3, -0.25) is 4.90 Å². The van der Waals surface area contributed by atoms with E-state index in [1.807, 2.05) is 0 Å². The van der Waals surface area contributed by atoms with Crippen molar-refractivity contribution in [1.82, 2.24) is 4.90 Å². The molecule has 0 aliphatic carbocycles. The van der Waals surface area contributed by atoms with Gasteiger partial charge in [0.25, 0.3) is 0 Å². The Bertz CT molecular complexity index is 275. The number of morpholine rings is 1. The van der Waals surface area contributed by atoms with Crippen molar-refractivity contribution < 1.29 is 4.74 Å². The van der Waals surface area contributed by atoms with Crippen LogP contribution in [0.2, 0.25) is 0 Å². The van der Waals surface area contributed by atoms with Crippen LogP contribution in [0.15, 0.2) is 23.6 Å². The van der Waals surface area contributed by atoms with Gasteiger partial charge in [-0.1, -0.05) is 12.1 Å². The van der Waals surface area contributed by atoms with Gasteiger partial charge in [-0.05, 0) is 17.5 Å². The molecule has 14 heavy (non-hydrogen) atoms. The molecule has 1 aliphatic rings. The van der Waals surface area contributed by atoms with Crippen LogP contribution in [-0.4, -0.2) is 37.7 Å². The summed E-state index contributed by atoms with van der Waals surface area (Å²) < 4.78 is 5.29. The molecule has 2 rings (SSSR count). The van der Waals surface area contributed by atoms with Crippen LogP contribution in [-0.2, 0) is 4.74 Å². The van der Waals surface area contributed by atoms with Gasteiger partial charge in [-0.25, -0.2) is 0 Å². The molecule has 0 bridgehead atoms. The topological polar surface area (TPSA) is 12.5 Å². The molecule has 2 nitrogen and oxygen atoms in total. The lowest BCUT2D eigenvalue weighted by Gasteiger charge is -2.25. The van der Waals surface area contributed by atoms with E-state index in [9.17, 15) is 0 Å². The summed E-state index contributed by atoms with van der Waals surface area (Å²) in [5, 5.41) is 2.11. The second kappa shape index (κ2) is 5.29. The molecule has 2 heterocycles. The molecule has 3 heteroatoms. The van der Waals surface area contributed by atoms with E-state index >= 15 is 0 Å². The maximum Gasteiger partial charge on any atom is 0.0594 e. The summed E-state index contributed by atoms with van der Waals surface area (Å²) in [5.74, 6) is 0. The Morgan fingerprint density at radius 3 is 3.00 bits per heavy atom. The van der Waals surface area contributed by atoms with Gasteiger partial charge in [0.05, 0.1) is 13.2 Å². The van der Waals surface area contributed by atoms with E-state index in [1.54, 1.807) is 11.3 Å². The van der Waals surface area contributed by atoms with Crippen LogP contribution in [0.3, 0.4) is 0 Å². The summed E-state index contributed by atoms with van der Waals surface area (Å²) >= 11 is 1.78. The highest BCUT2D eigenvalue weighted by Gasteiger charge is 2.07. The van der Waals surface area contributed by atoms with Crippen LogP contribution in [0, 0.1) is 0 Å². The predicted octanol–water partition coefficient (Wildman–Crippen LogP) is 2.09. The lowest BCUT2D eigenvalue weighted by molar-refractivity contribution is 0.0435. The molecule has 0 spiro atoms. The highest BCUT2D eigenvalue weighted by molar-refractivity contribution is 7.10. The van der Waals surface area contributed by atoms with E-state index in [0.717, 1.165) is 32.8 Å². The average molecular weight is 209 g/mol. The second-order valence-corrected chi connectivity index (χ2v) is 4.31. The number of rotatable bonds is 3. The van der Waals surface area contributed by atoms with Crippen molar-refractivity contribution in [3.05, 3.63) is 28.5 Å². The molecule has 0 saturated carbocycles. The third-order valence-electron chi connectivity index (χ3n) is 2.29. The molecule has 0 N–H and O–H groups in total. The summed E-state index contributed by atoms with van der Waals surface area (Å²) in [6.45, 7) is 4.94. The fourth-order valence-corrected chi connectivity index (χ4v) is 2.13. The van der Waals surface area contributed by atoms with Crippen LogP contribution in [0.25, 0.3) is 6.08 Å². The number of nitrogens with zero attached hydrogens (tertiary/aromatic N) is 1. The van der Waals surface area contributed by atoms with Crippen molar-refractivity contribution >= 4 is 17.4 Å². The number of ether oxygens (including phenoxy) is 1. The van der Waals surface area contributed by atoms with Gasteiger partial charge in [-0.15, -0.1) is 11.3 Å². The number of hydrogen-bond donors (Lipinski definition) is 0. The Morgan fingerprint density at radius 2 is 2.29 bits per heavy atom. The predicted molar refractivity (Wildman–Crippen MR) is 60.6 cm³/mol. The first-order valence-electron chi connectivity index (χ1n) is 4.95. The molecule has 76 valence electrons. The van der Waals surface area contributed by atoms with Gasteiger partial charge < -0.3 is 4.74 Å². The first-order chi connectivity index (χ1) is 6.95. The minimum Gasteiger partial charge on any atom is -0.379 e. The molecule has 0 aromatic carbocycles. The SMILES string of the molecule is C(=Cc1cccs1)CN1CCOCC1. The van der Waals surface area contributed by atoms with E-state index < -0.39 is 0 Å². The van der Waals surface area contributed by atoms with E-state index in [2.05, 4.69) is 34.6 Å². The zero-order valence-corrected chi connectivity index (χ0v) is 9.00. The van der Waals surface area contributed by atoms with Crippen molar-refractivity contribution in [2.75, 3.05) is 32.8 Å². The fraction of sp³-hybridized carbons (Fsp3) is 0.455. The van der Waals surface area contributed by atoms with Crippen LogP contribution in [0.4, 0.5) is 0 Å². The van der Waals surface area contributed by atoms with E-state index in [-0.39, 0.29) is 0 Å². The summed E-state index contributed by atoms with van der Waals surface area (Å²) in [7, 11) is 0. The maximum absolute atomic E-state index is 5.29. The molecule has 0 unspecified atom stereocenters. The Kier molecular flexibility index (Phi) is 3.74. The Hall–Kier alpha value is -0.640. The molecule has 1 fully saturated rings. The lowest BCUT2D eigenvalue weighted by Crippen LogP contribution is -2.36. The first-order valence-corrected chi connectivity index (χ1v) is 5.83. The van der Waals surface area contributed by atoms with E-state index in [1.165, 1.54) is 4.88 Å². The van der Waals surface area contributed by atoms with Crippen molar-refractivity contribution in [2.45, 2.75) is 0 Å². The zero-order valence-electron chi connectivity index (χ0n) is 8.19. The van der Waals surface area contributed by atoms with Gasteiger partial charge in [0, 0.05) is 24.5 Å². The Balaban J connectivity index is 1.76. The van der Waals surface area contributed by atoms with Crippen LogP contribution in [0.5, 0.6) is 0 Å². The van der Waals surface area contributed by atoms with Gasteiger partial charge in [0.2, 0.25) is 0 Å². The van der Waals surface area contributed by atoms with E-state index in [4.69, 9.17) is 4.74 Å². The third-order valence-corrected chi connectivity index (χ3v) is 3.13. The van der Waals surface area contributed by atoms with Crippen LogP contribution >= 0.6 is 11.3 Å². The quantitative estimate of drug-likeness (QED) is 0.756. The highest BCUT2D eigenvalue weighted by atomic mass is 32.1. The smallest absolute Gasteiger partial charge is 0.0594 e. The molecular weight excluding hydrogens is 194 g/mol. The summed E-state index contributed by atoms with van der Waals surface area (Å²) in [5.41, 5.74) is 0. The average Bonchev–Trinajstić information content (AvgIpc) is 2.72.